The molecule has 1 saturated carbocycles. The molecular formula is C16H34N2O. The molecule has 0 aromatic heterocycles. The van der Waals surface area contributed by atoms with Gasteiger partial charge in [0.15, 0.2) is 0 Å². The fourth-order valence-corrected chi connectivity index (χ4v) is 3.10. The van der Waals surface area contributed by atoms with E-state index >= 15 is 0 Å². The first kappa shape index (κ1) is 16.9. The Balaban J connectivity index is 2.54. The third kappa shape index (κ3) is 5.80. The number of hydrogen-bond donors (Lipinski definition) is 1. The molecule has 0 amide bonds. The zero-order valence-electron chi connectivity index (χ0n) is 13.7. The average Bonchev–Trinajstić information content (AvgIpc) is 2.37. The fraction of sp³-hybridized carbons (Fsp3) is 1.00. The van der Waals surface area contributed by atoms with Gasteiger partial charge in [0.05, 0.1) is 6.61 Å². The molecule has 0 aliphatic heterocycles. The Kier molecular flexibility index (Phi) is 7.33. The first-order valence-corrected chi connectivity index (χ1v) is 8.01. The van der Waals surface area contributed by atoms with Gasteiger partial charge in [-0.1, -0.05) is 20.8 Å². The van der Waals surface area contributed by atoms with E-state index in [2.05, 4.69) is 45.0 Å². The molecule has 0 heterocycles. The third-order valence-electron chi connectivity index (χ3n) is 4.37. The molecule has 0 aromatic carbocycles. The molecule has 0 radical (unpaired) electrons. The van der Waals surface area contributed by atoms with Crippen LogP contribution in [0.4, 0.5) is 0 Å². The first-order valence-electron chi connectivity index (χ1n) is 8.01. The van der Waals surface area contributed by atoms with Crippen LogP contribution in [0.3, 0.4) is 0 Å². The SMILES string of the molecule is CCCNC1CCC(C)(C)CC1N(C)CCOCC. The molecule has 1 rings (SSSR count). The molecule has 0 bridgehead atoms. The normalized spacial score (nSPS) is 26.8. The molecule has 1 aliphatic carbocycles. The van der Waals surface area contributed by atoms with Crippen molar-refractivity contribution in [2.24, 2.45) is 5.41 Å². The monoisotopic (exact) mass is 270 g/mol. The van der Waals surface area contributed by atoms with Crippen molar-refractivity contribution in [2.45, 2.75) is 65.5 Å². The number of nitrogens with one attached hydrogen (secondary N) is 1. The minimum atomic E-state index is 0.481. The molecule has 3 nitrogen and oxygen atoms in total. The van der Waals surface area contributed by atoms with Crippen molar-refractivity contribution >= 4 is 0 Å². The molecule has 1 N–H and O–H groups in total. The molecule has 3 heteroatoms. The summed E-state index contributed by atoms with van der Waals surface area (Å²) >= 11 is 0. The van der Waals surface area contributed by atoms with Crippen molar-refractivity contribution in [1.29, 1.82) is 0 Å². The molecule has 114 valence electrons. The summed E-state index contributed by atoms with van der Waals surface area (Å²) in [5.41, 5.74) is 0.481. The van der Waals surface area contributed by atoms with Gasteiger partial charge in [-0.05, 0) is 51.6 Å². The maximum atomic E-state index is 5.50. The second-order valence-corrected chi connectivity index (χ2v) is 6.71. The predicted molar refractivity (Wildman–Crippen MR) is 82.6 cm³/mol. The van der Waals surface area contributed by atoms with Crippen LogP contribution in [0.2, 0.25) is 0 Å². The van der Waals surface area contributed by atoms with Gasteiger partial charge in [0.2, 0.25) is 0 Å². The molecular weight excluding hydrogens is 236 g/mol. The summed E-state index contributed by atoms with van der Waals surface area (Å²) in [6.07, 6.45) is 5.15. The lowest BCUT2D eigenvalue weighted by atomic mass is 9.72. The van der Waals surface area contributed by atoms with Gasteiger partial charge in [-0.2, -0.15) is 0 Å². The minimum Gasteiger partial charge on any atom is -0.380 e. The molecule has 19 heavy (non-hydrogen) atoms. The minimum absolute atomic E-state index is 0.481. The van der Waals surface area contributed by atoms with Crippen LogP contribution >= 0.6 is 0 Å². The summed E-state index contributed by atoms with van der Waals surface area (Å²) in [7, 11) is 2.26. The van der Waals surface area contributed by atoms with Crippen molar-refractivity contribution in [3.63, 3.8) is 0 Å². The number of nitrogens with zero attached hydrogens (tertiary/aromatic N) is 1. The third-order valence-corrected chi connectivity index (χ3v) is 4.37. The van der Waals surface area contributed by atoms with Crippen molar-refractivity contribution in [3.05, 3.63) is 0 Å². The van der Waals surface area contributed by atoms with E-state index in [1.54, 1.807) is 0 Å². The zero-order chi connectivity index (χ0) is 14.3. The highest BCUT2D eigenvalue weighted by Gasteiger charge is 2.36. The Bertz CT molecular complexity index is 243. The lowest BCUT2D eigenvalue weighted by Crippen LogP contribution is -2.54. The Morgan fingerprint density at radius 3 is 2.68 bits per heavy atom. The van der Waals surface area contributed by atoms with Crippen molar-refractivity contribution in [1.82, 2.24) is 10.2 Å². The topological polar surface area (TPSA) is 24.5 Å². The maximum Gasteiger partial charge on any atom is 0.0593 e. The smallest absolute Gasteiger partial charge is 0.0593 e. The highest BCUT2D eigenvalue weighted by molar-refractivity contribution is 4.93. The van der Waals surface area contributed by atoms with E-state index in [-0.39, 0.29) is 0 Å². The van der Waals surface area contributed by atoms with Gasteiger partial charge in [-0.3, -0.25) is 4.90 Å². The van der Waals surface area contributed by atoms with E-state index in [4.69, 9.17) is 4.74 Å². The fourth-order valence-electron chi connectivity index (χ4n) is 3.10. The van der Waals surface area contributed by atoms with E-state index in [9.17, 15) is 0 Å². The average molecular weight is 270 g/mol. The van der Waals surface area contributed by atoms with Gasteiger partial charge in [0, 0.05) is 25.2 Å². The lowest BCUT2D eigenvalue weighted by Gasteiger charge is -2.45. The molecule has 0 spiro atoms. The molecule has 1 aliphatic rings. The van der Waals surface area contributed by atoms with Gasteiger partial charge in [0.1, 0.15) is 0 Å². The van der Waals surface area contributed by atoms with Crippen LogP contribution in [0.5, 0.6) is 0 Å². The second kappa shape index (κ2) is 8.23. The Hall–Kier alpha value is -0.120. The van der Waals surface area contributed by atoms with Crippen LogP contribution in [0.1, 0.15) is 53.4 Å². The van der Waals surface area contributed by atoms with Gasteiger partial charge in [0.25, 0.3) is 0 Å². The summed E-state index contributed by atoms with van der Waals surface area (Å²) in [4.78, 5) is 2.50. The number of likely N-dealkylation sites (N-methyl/N-ethyl adjacent to an activating group) is 1. The quantitative estimate of drug-likeness (QED) is 0.686. The van der Waals surface area contributed by atoms with Crippen LogP contribution in [-0.2, 0) is 4.74 Å². The lowest BCUT2D eigenvalue weighted by molar-refractivity contribution is 0.0538. The Morgan fingerprint density at radius 2 is 2.05 bits per heavy atom. The standard InChI is InChI=1S/C16H34N2O/c1-6-10-17-14-8-9-16(3,4)13-15(14)18(5)11-12-19-7-2/h14-15,17H,6-13H2,1-5H3. The van der Waals surface area contributed by atoms with Crippen LogP contribution in [0.25, 0.3) is 0 Å². The van der Waals surface area contributed by atoms with Crippen molar-refractivity contribution in [3.8, 4) is 0 Å². The first-order chi connectivity index (χ1) is 9.00. The van der Waals surface area contributed by atoms with Crippen molar-refractivity contribution < 1.29 is 4.74 Å². The van der Waals surface area contributed by atoms with E-state index in [1.165, 1.54) is 25.7 Å². The van der Waals surface area contributed by atoms with E-state index in [0.717, 1.165) is 26.3 Å². The number of hydrogen-bond acceptors (Lipinski definition) is 3. The Morgan fingerprint density at radius 1 is 1.32 bits per heavy atom. The van der Waals surface area contributed by atoms with Crippen LogP contribution in [-0.4, -0.2) is 50.3 Å². The molecule has 2 unspecified atom stereocenters. The van der Waals surface area contributed by atoms with E-state index < -0.39 is 0 Å². The molecule has 0 saturated heterocycles. The van der Waals surface area contributed by atoms with E-state index in [1.807, 2.05) is 0 Å². The van der Waals surface area contributed by atoms with Crippen LogP contribution in [0.15, 0.2) is 0 Å². The van der Waals surface area contributed by atoms with Crippen molar-refractivity contribution in [2.75, 3.05) is 33.4 Å². The Labute approximate surface area is 120 Å². The van der Waals surface area contributed by atoms with E-state index in [0.29, 0.717) is 17.5 Å². The van der Waals surface area contributed by atoms with Crippen LogP contribution < -0.4 is 5.32 Å². The van der Waals surface area contributed by atoms with Gasteiger partial charge >= 0.3 is 0 Å². The summed E-state index contributed by atoms with van der Waals surface area (Å²) < 4.78 is 5.50. The molecule has 2 atom stereocenters. The highest BCUT2D eigenvalue weighted by Crippen LogP contribution is 2.37. The summed E-state index contributed by atoms with van der Waals surface area (Å²) in [5.74, 6) is 0. The van der Waals surface area contributed by atoms with Gasteiger partial charge < -0.3 is 10.1 Å². The maximum absolute atomic E-state index is 5.50. The largest absolute Gasteiger partial charge is 0.380 e. The second-order valence-electron chi connectivity index (χ2n) is 6.71. The highest BCUT2D eigenvalue weighted by atomic mass is 16.5. The molecule has 0 aromatic rings. The zero-order valence-corrected chi connectivity index (χ0v) is 13.7. The summed E-state index contributed by atoms with van der Waals surface area (Å²) in [6, 6.07) is 1.30. The van der Waals surface area contributed by atoms with Gasteiger partial charge in [-0.25, -0.2) is 0 Å². The van der Waals surface area contributed by atoms with Gasteiger partial charge in [-0.15, -0.1) is 0 Å². The van der Waals surface area contributed by atoms with Crippen LogP contribution in [0, 0.1) is 5.41 Å². The summed E-state index contributed by atoms with van der Waals surface area (Å²) in [6.45, 7) is 13.0. The number of rotatable bonds is 8. The predicted octanol–water partition coefficient (Wildman–Crippen LogP) is 2.90. The number of ether oxygens (including phenoxy) is 1. The molecule has 1 fully saturated rings. The summed E-state index contributed by atoms with van der Waals surface area (Å²) in [5, 5.41) is 3.75.